The van der Waals surface area contributed by atoms with E-state index in [-0.39, 0.29) is 16.8 Å². The smallest absolute Gasteiger partial charge is 0.341 e. The molecule has 76 valence electrons. The minimum Gasteiger partial charge on any atom is -0.507 e. The minimum absolute atomic E-state index is 0.202. The van der Waals surface area contributed by atoms with Crippen LogP contribution >= 0.6 is 0 Å². The largest absolute Gasteiger partial charge is 0.507 e. The maximum absolute atomic E-state index is 10.9. The Kier molecular flexibility index (Phi) is 2.00. The summed E-state index contributed by atoms with van der Waals surface area (Å²) in [5, 5.41) is 18.3. The van der Waals surface area contributed by atoms with Crippen molar-refractivity contribution >= 4 is 17.0 Å². The lowest BCUT2D eigenvalue weighted by molar-refractivity contribution is 0.0696. The second-order valence-electron chi connectivity index (χ2n) is 3.14. The molecule has 1 heterocycles. The van der Waals surface area contributed by atoms with Gasteiger partial charge in [0, 0.05) is 6.20 Å². The first kappa shape index (κ1) is 9.39. The van der Waals surface area contributed by atoms with Gasteiger partial charge in [-0.2, -0.15) is 0 Å². The number of aromatic carboxylic acids is 1. The van der Waals surface area contributed by atoms with Crippen LogP contribution in [0.4, 0.5) is 0 Å². The van der Waals surface area contributed by atoms with Gasteiger partial charge in [0.15, 0.2) is 0 Å². The number of aromatic hydroxyl groups is 1. The van der Waals surface area contributed by atoms with Crippen molar-refractivity contribution in [3.8, 4) is 5.75 Å². The Morgan fingerprint density at radius 3 is 2.80 bits per heavy atom. The van der Waals surface area contributed by atoms with Crippen molar-refractivity contribution < 1.29 is 15.0 Å². The molecule has 2 N–H and O–H groups in total. The second-order valence-corrected chi connectivity index (χ2v) is 3.14. The Morgan fingerprint density at radius 1 is 1.40 bits per heavy atom. The molecule has 0 radical (unpaired) electrons. The van der Waals surface area contributed by atoms with Gasteiger partial charge < -0.3 is 10.2 Å². The van der Waals surface area contributed by atoms with Crippen LogP contribution < -0.4 is 0 Å². The number of aryl methyl sites for hydroxylation is 1. The van der Waals surface area contributed by atoms with E-state index in [0.29, 0.717) is 11.2 Å². The average Bonchev–Trinajstić information content (AvgIpc) is 2.17. The Labute approximate surface area is 85.0 Å². The van der Waals surface area contributed by atoms with Gasteiger partial charge in [0.1, 0.15) is 16.8 Å². The van der Waals surface area contributed by atoms with E-state index in [1.165, 1.54) is 18.3 Å². The van der Waals surface area contributed by atoms with E-state index in [1.54, 1.807) is 6.92 Å². The lowest BCUT2D eigenvalue weighted by Crippen LogP contribution is -2.01. The summed E-state index contributed by atoms with van der Waals surface area (Å²) in [5.74, 6) is -1.51. The number of aromatic nitrogens is 2. The first-order valence-electron chi connectivity index (χ1n) is 4.28. The topological polar surface area (TPSA) is 83.3 Å². The fourth-order valence-electron chi connectivity index (χ4n) is 1.38. The third kappa shape index (κ3) is 1.48. The van der Waals surface area contributed by atoms with E-state index in [0.717, 1.165) is 0 Å². The molecular formula is C10H8N2O3. The number of hydrogen-bond donors (Lipinski definition) is 2. The Bertz CT molecular complexity index is 552. The van der Waals surface area contributed by atoms with Crippen molar-refractivity contribution in [1.82, 2.24) is 9.97 Å². The molecule has 0 aliphatic carbocycles. The van der Waals surface area contributed by atoms with Gasteiger partial charge in [-0.15, -0.1) is 0 Å². The predicted octanol–water partition coefficient (Wildman–Crippen LogP) is 1.34. The molecule has 1 aromatic heterocycles. The number of rotatable bonds is 1. The zero-order chi connectivity index (χ0) is 11.0. The zero-order valence-corrected chi connectivity index (χ0v) is 7.93. The van der Waals surface area contributed by atoms with Crippen LogP contribution in [-0.4, -0.2) is 26.2 Å². The third-order valence-electron chi connectivity index (χ3n) is 2.03. The van der Waals surface area contributed by atoms with Crippen molar-refractivity contribution in [2.75, 3.05) is 0 Å². The molecule has 0 fully saturated rings. The van der Waals surface area contributed by atoms with Gasteiger partial charge in [0.05, 0.1) is 11.2 Å². The zero-order valence-electron chi connectivity index (χ0n) is 7.93. The highest BCUT2D eigenvalue weighted by Gasteiger charge is 2.15. The monoisotopic (exact) mass is 204 g/mol. The van der Waals surface area contributed by atoms with Crippen LogP contribution in [0.2, 0.25) is 0 Å². The van der Waals surface area contributed by atoms with Gasteiger partial charge in [-0.25, -0.2) is 9.78 Å². The lowest BCUT2D eigenvalue weighted by Gasteiger charge is -2.03. The van der Waals surface area contributed by atoms with E-state index in [9.17, 15) is 9.90 Å². The Balaban J connectivity index is 2.88. The molecule has 0 atom stereocenters. The normalized spacial score (nSPS) is 10.5. The van der Waals surface area contributed by atoms with Crippen molar-refractivity contribution in [1.29, 1.82) is 0 Å². The van der Waals surface area contributed by atoms with Gasteiger partial charge >= 0.3 is 5.97 Å². The summed E-state index contributed by atoms with van der Waals surface area (Å²) in [4.78, 5) is 19.0. The van der Waals surface area contributed by atoms with E-state index < -0.39 is 5.97 Å². The van der Waals surface area contributed by atoms with Gasteiger partial charge in [0.25, 0.3) is 0 Å². The molecule has 0 amide bonds. The summed E-state index contributed by atoms with van der Waals surface area (Å²) < 4.78 is 0. The summed E-state index contributed by atoms with van der Waals surface area (Å²) in [6.45, 7) is 1.76. The number of fused-ring (bicyclic) bond motifs is 1. The molecule has 0 bridgehead atoms. The van der Waals surface area contributed by atoms with Crippen LogP contribution in [0.1, 0.15) is 16.1 Å². The summed E-state index contributed by atoms with van der Waals surface area (Å²) >= 11 is 0. The van der Waals surface area contributed by atoms with Crippen molar-refractivity contribution in [3.05, 3.63) is 29.6 Å². The van der Waals surface area contributed by atoms with Crippen LogP contribution in [0, 0.1) is 6.92 Å². The Hall–Kier alpha value is -2.17. The molecule has 5 heteroatoms. The average molecular weight is 204 g/mol. The SMILES string of the molecule is Cc1cnc2c(C(=O)O)c(O)ccc2n1. The predicted molar refractivity (Wildman–Crippen MR) is 52.9 cm³/mol. The highest BCUT2D eigenvalue weighted by atomic mass is 16.4. The van der Waals surface area contributed by atoms with E-state index in [2.05, 4.69) is 9.97 Å². The van der Waals surface area contributed by atoms with Gasteiger partial charge in [-0.3, -0.25) is 4.98 Å². The molecule has 0 saturated heterocycles. The molecule has 2 aromatic rings. The maximum atomic E-state index is 10.9. The number of hydrogen-bond acceptors (Lipinski definition) is 4. The summed E-state index contributed by atoms with van der Waals surface area (Å²) in [6.07, 6.45) is 1.47. The standard InChI is InChI=1S/C10H8N2O3/c1-5-4-11-9-6(12-5)2-3-7(13)8(9)10(14)15/h2-4,13H,1H3,(H,14,15). The van der Waals surface area contributed by atoms with Crippen molar-refractivity contribution in [2.45, 2.75) is 6.92 Å². The number of phenols is 1. The van der Waals surface area contributed by atoms with Crippen LogP contribution in [0.5, 0.6) is 5.75 Å². The minimum atomic E-state index is -1.21. The van der Waals surface area contributed by atoms with Crippen LogP contribution in [0.15, 0.2) is 18.3 Å². The van der Waals surface area contributed by atoms with Gasteiger partial charge in [-0.1, -0.05) is 0 Å². The van der Waals surface area contributed by atoms with E-state index in [1.807, 2.05) is 0 Å². The fourth-order valence-corrected chi connectivity index (χ4v) is 1.38. The van der Waals surface area contributed by atoms with E-state index in [4.69, 9.17) is 5.11 Å². The van der Waals surface area contributed by atoms with Crippen LogP contribution in [-0.2, 0) is 0 Å². The lowest BCUT2D eigenvalue weighted by atomic mass is 10.1. The molecule has 2 rings (SSSR count). The molecule has 0 spiro atoms. The molecule has 0 aliphatic heterocycles. The van der Waals surface area contributed by atoms with Crippen molar-refractivity contribution in [2.24, 2.45) is 0 Å². The molecular weight excluding hydrogens is 196 g/mol. The molecule has 0 saturated carbocycles. The number of carboxylic acids is 1. The highest BCUT2D eigenvalue weighted by Crippen LogP contribution is 2.24. The van der Waals surface area contributed by atoms with E-state index >= 15 is 0 Å². The summed E-state index contributed by atoms with van der Waals surface area (Å²) in [6, 6.07) is 2.84. The summed E-state index contributed by atoms with van der Waals surface area (Å²) in [7, 11) is 0. The highest BCUT2D eigenvalue weighted by molar-refractivity contribution is 6.03. The molecule has 15 heavy (non-hydrogen) atoms. The quantitative estimate of drug-likeness (QED) is 0.732. The fraction of sp³-hybridized carbons (Fsp3) is 0.100. The van der Waals surface area contributed by atoms with Crippen LogP contribution in [0.3, 0.4) is 0 Å². The summed E-state index contributed by atoms with van der Waals surface area (Å²) in [5.41, 5.74) is 1.16. The van der Waals surface area contributed by atoms with Gasteiger partial charge in [-0.05, 0) is 19.1 Å². The second kappa shape index (κ2) is 3.20. The van der Waals surface area contributed by atoms with Crippen molar-refractivity contribution in [3.63, 3.8) is 0 Å². The number of nitrogens with zero attached hydrogens (tertiary/aromatic N) is 2. The number of carboxylic acid groups (broad SMARTS) is 1. The number of carbonyl (C=O) groups is 1. The first-order valence-corrected chi connectivity index (χ1v) is 4.28. The molecule has 5 nitrogen and oxygen atoms in total. The number of benzene rings is 1. The van der Waals surface area contributed by atoms with Crippen LogP contribution in [0.25, 0.3) is 11.0 Å². The molecule has 0 unspecified atom stereocenters. The Morgan fingerprint density at radius 2 is 2.13 bits per heavy atom. The first-order chi connectivity index (χ1) is 7.09. The molecule has 0 aliphatic rings. The maximum Gasteiger partial charge on any atom is 0.341 e. The van der Waals surface area contributed by atoms with Gasteiger partial charge in [0.2, 0.25) is 0 Å². The third-order valence-corrected chi connectivity index (χ3v) is 2.03. The molecule has 1 aromatic carbocycles.